The molecular weight excluding hydrogens is 403 g/mol. The molecule has 2 aromatic heterocycles. The van der Waals surface area contributed by atoms with E-state index in [-0.39, 0.29) is 23.5 Å². The van der Waals surface area contributed by atoms with E-state index in [4.69, 9.17) is 0 Å². The minimum absolute atomic E-state index is 0.0295. The molecular formula is C22H23FN4O2S. The second-order valence-electron chi connectivity index (χ2n) is 7.34. The first kappa shape index (κ1) is 20.3. The smallest absolute Gasteiger partial charge is 0.274 e. The molecule has 0 spiro atoms. The number of piperidine rings is 1. The Morgan fingerprint density at radius 1 is 1.20 bits per heavy atom. The van der Waals surface area contributed by atoms with Crippen molar-refractivity contribution in [2.24, 2.45) is 5.92 Å². The van der Waals surface area contributed by atoms with Crippen LogP contribution < -0.4 is 5.32 Å². The first-order valence-corrected chi connectivity index (χ1v) is 10.9. The zero-order valence-corrected chi connectivity index (χ0v) is 17.3. The first-order chi connectivity index (χ1) is 14.6. The number of thiophene rings is 1. The van der Waals surface area contributed by atoms with Gasteiger partial charge in [-0.2, -0.15) is 5.10 Å². The SMILES string of the molecule is O=C(NCCc1ccccc1F)C1CCN(C(=O)c2cc(-c3cccs3)[nH]n2)CC1. The van der Waals surface area contributed by atoms with Crippen molar-refractivity contribution in [3.63, 3.8) is 0 Å². The van der Waals surface area contributed by atoms with E-state index >= 15 is 0 Å². The van der Waals surface area contributed by atoms with Crippen LogP contribution in [-0.4, -0.2) is 46.5 Å². The lowest BCUT2D eigenvalue weighted by Gasteiger charge is -2.30. The van der Waals surface area contributed by atoms with Crippen molar-refractivity contribution >= 4 is 23.2 Å². The maximum atomic E-state index is 13.7. The maximum Gasteiger partial charge on any atom is 0.274 e. The number of carbonyl (C=O) groups excluding carboxylic acids is 2. The molecule has 1 aliphatic rings. The van der Waals surface area contributed by atoms with Crippen LogP contribution in [0.4, 0.5) is 4.39 Å². The highest BCUT2D eigenvalue weighted by atomic mass is 32.1. The number of aromatic nitrogens is 2. The third kappa shape index (κ3) is 4.59. The Hall–Kier alpha value is -3.00. The molecule has 3 aromatic rings. The summed E-state index contributed by atoms with van der Waals surface area (Å²) in [7, 11) is 0. The lowest BCUT2D eigenvalue weighted by Crippen LogP contribution is -2.43. The van der Waals surface area contributed by atoms with Gasteiger partial charge >= 0.3 is 0 Å². The molecule has 0 unspecified atom stereocenters. The van der Waals surface area contributed by atoms with Gasteiger partial charge in [0.15, 0.2) is 5.69 Å². The van der Waals surface area contributed by atoms with Gasteiger partial charge in [0.05, 0.1) is 10.6 Å². The van der Waals surface area contributed by atoms with Crippen LogP contribution in [0.25, 0.3) is 10.6 Å². The summed E-state index contributed by atoms with van der Waals surface area (Å²) in [5.41, 5.74) is 1.82. The van der Waals surface area contributed by atoms with Gasteiger partial charge in [-0.1, -0.05) is 24.3 Å². The van der Waals surface area contributed by atoms with Gasteiger partial charge < -0.3 is 10.2 Å². The molecule has 6 nitrogen and oxygen atoms in total. The molecule has 1 aliphatic heterocycles. The minimum Gasteiger partial charge on any atom is -0.356 e. The number of hydrogen-bond acceptors (Lipinski definition) is 4. The van der Waals surface area contributed by atoms with Crippen molar-refractivity contribution in [1.82, 2.24) is 20.4 Å². The molecule has 1 aromatic carbocycles. The summed E-state index contributed by atoms with van der Waals surface area (Å²) in [6.45, 7) is 1.44. The minimum atomic E-state index is -0.251. The van der Waals surface area contributed by atoms with E-state index in [9.17, 15) is 14.0 Å². The summed E-state index contributed by atoms with van der Waals surface area (Å²) >= 11 is 1.58. The van der Waals surface area contributed by atoms with Crippen molar-refractivity contribution in [2.45, 2.75) is 19.3 Å². The van der Waals surface area contributed by atoms with Crippen LogP contribution in [0.1, 0.15) is 28.9 Å². The molecule has 8 heteroatoms. The standard InChI is InChI=1S/C22H23FN4O2S/c23-17-5-2-1-4-15(17)7-10-24-21(28)16-8-11-27(12-9-16)22(29)19-14-18(25-26-19)20-6-3-13-30-20/h1-6,13-14,16H,7-12H2,(H,24,28)(H,25,26). The zero-order chi connectivity index (χ0) is 20.9. The average molecular weight is 427 g/mol. The fourth-order valence-electron chi connectivity index (χ4n) is 3.66. The Morgan fingerprint density at radius 2 is 2.00 bits per heavy atom. The second kappa shape index (κ2) is 9.21. The molecule has 2 N–H and O–H groups in total. The molecule has 1 saturated heterocycles. The highest BCUT2D eigenvalue weighted by Crippen LogP contribution is 2.24. The van der Waals surface area contributed by atoms with E-state index in [1.165, 1.54) is 6.07 Å². The Morgan fingerprint density at radius 3 is 2.73 bits per heavy atom. The number of H-pyrrole nitrogens is 1. The fraction of sp³-hybridized carbons (Fsp3) is 0.318. The molecule has 0 bridgehead atoms. The van der Waals surface area contributed by atoms with Gasteiger partial charge in [0.25, 0.3) is 5.91 Å². The Labute approximate surface area is 178 Å². The van der Waals surface area contributed by atoms with E-state index < -0.39 is 0 Å². The summed E-state index contributed by atoms with van der Waals surface area (Å²) in [4.78, 5) is 27.9. The van der Waals surface area contributed by atoms with Crippen LogP contribution in [0, 0.1) is 11.7 Å². The fourth-order valence-corrected chi connectivity index (χ4v) is 4.35. The molecule has 30 heavy (non-hydrogen) atoms. The lowest BCUT2D eigenvalue weighted by atomic mass is 9.95. The summed E-state index contributed by atoms with van der Waals surface area (Å²) in [5.74, 6) is -0.527. The van der Waals surface area contributed by atoms with Crippen LogP contribution in [0.3, 0.4) is 0 Å². The summed E-state index contributed by atoms with van der Waals surface area (Å²) in [5, 5.41) is 11.9. The van der Waals surface area contributed by atoms with Gasteiger partial charge in [-0.15, -0.1) is 11.3 Å². The molecule has 1 fully saturated rings. The van der Waals surface area contributed by atoms with Gasteiger partial charge in [0, 0.05) is 25.6 Å². The highest BCUT2D eigenvalue weighted by Gasteiger charge is 2.28. The Balaban J connectivity index is 1.25. The number of amides is 2. The van der Waals surface area contributed by atoms with E-state index in [1.807, 2.05) is 17.5 Å². The predicted octanol–water partition coefficient (Wildman–Crippen LogP) is 3.49. The number of nitrogens with one attached hydrogen (secondary N) is 2. The monoisotopic (exact) mass is 426 g/mol. The van der Waals surface area contributed by atoms with E-state index in [0.29, 0.717) is 50.2 Å². The molecule has 2 amide bonds. The largest absolute Gasteiger partial charge is 0.356 e. The maximum absolute atomic E-state index is 13.7. The molecule has 4 rings (SSSR count). The molecule has 0 aliphatic carbocycles. The molecule has 0 saturated carbocycles. The Kier molecular flexibility index (Phi) is 6.23. The number of hydrogen-bond donors (Lipinski definition) is 2. The summed E-state index contributed by atoms with van der Waals surface area (Å²) < 4.78 is 13.7. The van der Waals surface area contributed by atoms with Crippen LogP contribution in [-0.2, 0) is 11.2 Å². The first-order valence-electron chi connectivity index (χ1n) is 10.0. The number of halogens is 1. The van der Waals surface area contributed by atoms with Crippen LogP contribution >= 0.6 is 11.3 Å². The topological polar surface area (TPSA) is 78.1 Å². The van der Waals surface area contributed by atoms with Gasteiger partial charge in [-0.05, 0) is 48.4 Å². The van der Waals surface area contributed by atoms with Crippen LogP contribution in [0.15, 0.2) is 47.8 Å². The normalized spacial score (nSPS) is 14.6. The third-order valence-electron chi connectivity index (χ3n) is 5.39. The van der Waals surface area contributed by atoms with E-state index in [1.54, 1.807) is 40.5 Å². The summed E-state index contributed by atoms with van der Waals surface area (Å²) in [6.07, 6.45) is 1.68. The average Bonchev–Trinajstić information content (AvgIpc) is 3.46. The van der Waals surface area contributed by atoms with Crippen LogP contribution in [0.5, 0.6) is 0 Å². The van der Waals surface area contributed by atoms with Gasteiger partial charge in [0.1, 0.15) is 5.82 Å². The number of aromatic amines is 1. The van der Waals surface area contributed by atoms with Gasteiger partial charge in [-0.25, -0.2) is 4.39 Å². The van der Waals surface area contributed by atoms with Gasteiger partial charge in [-0.3, -0.25) is 14.7 Å². The van der Waals surface area contributed by atoms with E-state index in [2.05, 4.69) is 15.5 Å². The predicted molar refractivity (Wildman–Crippen MR) is 114 cm³/mol. The lowest BCUT2D eigenvalue weighted by molar-refractivity contribution is -0.126. The quantitative estimate of drug-likeness (QED) is 0.633. The number of nitrogens with zero attached hydrogens (tertiary/aromatic N) is 2. The summed E-state index contributed by atoms with van der Waals surface area (Å²) in [6, 6.07) is 12.3. The number of carbonyl (C=O) groups is 2. The van der Waals surface area contributed by atoms with Crippen LogP contribution in [0.2, 0.25) is 0 Å². The van der Waals surface area contributed by atoms with Crippen molar-refractivity contribution in [2.75, 3.05) is 19.6 Å². The number of benzene rings is 1. The molecule has 0 radical (unpaired) electrons. The van der Waals surface area contributed by atoms with Gasteiger partial charge in [0.2, 0.25) is 5.91 Å². The highest BCUT2D eigenvalue weighted by molar-refractivity contribution is 7.13. The van der Waals surface area contributed by atoms with E-state index in [0.717, 1.165) is 10.6 Å². The Bertz CT molecular complexity index is 1010. The second-order valence-corrected chi connectivity index (χ2v) is 8.29. The number of likely N-dealkylation sites (tertiary alicyclic amines) is 1. The van der Waals surface area contributed by atoms with Crippen molar-refractivity contribution < 1.29 is 14.0 Å². The molecule has 3 heterocycles. The van der Waals surface area contributed by atoms with Crippen molar-refractivity contribution in [3.8, 4) is 10.6 Å². The van der Waals surface area contributed by atoms with Crippen molar-refractivity contribution in [3.05, 3.63) is 64.9 Å². The third-order valence-corrected chi connectivity index (χ3v) is 6.29. The van der Waals surface area contributed by atoms with Crippen molar-refractivity contribution in [1.29, 1.82) is 0 Å². The molecule has 156 valence electrons. The zero-order valence-electron chi connectivity index (χ0n) is 16.4. The molecule has 0 atom stereocenters. The number of rotatable bonds is 6.